The Morgan fingerprint density at radius 2 is 1.77 bits per heavy atom. The smallest absolute Gasteiger partial charge is 0.348 e. The van der Waals surface area contributed by atoms with Crippen molar-refractivity contribution in [2.75, 3.05) is 6.54 Å². The summed E-state index contributed by atoms with van der Waals surface area (Å²) in [6.45, 7) is -0.393. The topological polar surface area (TPSA) is 55.1 Å². The van der Waals surface area contributed by atoms with Crippen molar-refractivity contribution in [1.29, 1.82) is 0 Å². The lowest BCUT2D eigenvalue weighted by molar-refractivity contribution is -0.173. The molecule has 0 aliphatic rings. The van der Waals surface area contributed by atoms with E-state index in [1.807, 2.05) is 0 Å². The fourth-order valence-electron chi connectivity index (χ4n) is 1.55. The predicted octanol–water partition coefficient (Wildman–Crippen LogP) is 3.20. The summed E-state index contributed by atoms with van der Waals surface area (Å²) in [7, 11) is 0. The second kappa shape index (κ2) is 7.68. The van der Waals surface area contributed by atoms with Crippen LogP contribution in [0.15, 0.2) is 24.3 Å². The average molecular weight is 351 g/mol. The van der Waals surface area contributed by atoms with E-state index >= 15 is 0 Å². The summed E-state index contributed by atoms with van der Waals surface area (Å²) in [6, 6.07) is 3.27. The number of carbonyl (C=O) groups is 1. The number of benzene rings is 1. The van der Waals surface area contributed by atoms with E-state index < -0.39 is 36.4 Å². The van der Waals surface area contributed by atoms with Gasteiger partial charge in [0.05, 0.1) is 5.56 Å². The van der Waals surface area contributed by atoms with Crippen molar-refractivity contribution >= 4 is 18.3 Å². The van der Waals surface area contributed by atoms with Crippen LogP contribution in [-0.4, -0.2) is 18.6 Å². The van der Waals surface area contributed by atoms with E-state index in [0.29, 0.717) is 0 Å². The van der Waals surface area contributed by atoms with Crippen molar-refractivity contribution in [1.82, 2.24) is 5.32 Å². The van der Waals surface area contributed by atoms with Gasteiger partial charge in [0.2, 0.25) is 0 Å². The quantitative estimate of drug-likeness (QED) is 0.819. The van der Waals surface area contributed by atoms with Crippen LogP contribution in [0.2, 0.25) is 0 Å². The number of nitrogens with one attached hydrogen (secondary N) is 1. The number of hydrogen-bond donors (Lipinski definition) is 2. The standard InChI is InChI=1S/C12H12F6N2O.ClH/c13-11(14,15)8-3-1-2-7(6-8)9(19)4-5-20-10(21)12(16,17)18;/h1-3,6,9H,4-5,19H2,(H,20,21);1H. The van der Waals surface area contributed by atoms with Crippen molar-refractivity contribution in [2.24, 2.45) is 5.73 Å². The Morgan fingerprint density at radius 1 is 1.18 bits per heavy atom. The van der Waals surface area contributed by atoms with Crippen LogP contribution < -0.4 is 11.1 Å². The van der Waals surface area contributed by atoms with E-state index in [1.54, 1.807) is 5.32 Å². The first-order valence-corrected chi connectivity index (χ1v) is 5.79. The van der Waals surface area contributed by atoms with E-state index in [9.17, 15) is 31.1 Å². The molecule has 0 fully saturated rings. The Balaban J connectivity index is 0.00000441. The highest BCUT2D eigenvalue weighted by Crippen LogP contribution is 2.30. The lowest BCUT2D eigenvalue weighted by Gasteiger charge is -2.15. The average Bonchev–Trinajstić information content (AvgIpc) is 2.36. The van der Waals surface area contributed by atoms with Crippen LogP contribution in [0.4, 0.5) is 26.3 Å². The van der Waals surface area contributed by atoms with Gasteiger partial charge in [0.15, 0.2) is 0 Å². The molecule has 1 rings (SSSR count). The second-order valence-electron chi connectivity index (χ2n) is 4.27. The largest absolute Gasteiger partial charge is 0.471 e. The van der Waals surface area contributed by atoms with Crippen molar-refractivity contribution in [3.63, 3.8) is 0 Å². The summed E-state index contributed by atoms with van der Waals surface area (Å²) in [4.78, 5) is 10.5. The molecule has 1 unspecified atom stereocenters. The third kappa shape index (κ3) is 6.10. The molecule has 0 bridgehead atoms. The molecular weight excluding hydrogens is 338 g/mol. The Labute approximate surface area is 128 Å². The third-order valence-corrected chi connectivity index (χ3v) is 2.64. The van der Waals surface area contributed by atoms with Crippen LogP contribution in [-0.2, 0) is 11.0 Å². The lowest BCUT2D eigenvalue weighted by atomic mass is 10.0. The fourth-order valence-corrected chi connectivity index (χ4v) is 1.55. The number of alkyl halides is 6. The van der Waals surface area contributed by atoms with Crippen molar-refractivity contribution in [2.45, 2.75) is 24.8 Å². The Bertz CT molecular complexity index is 503. The minimum atomic E-state index is -5.00. The molecule has 3 nitrogen and oxygen atoms in total. The normalized spacial score (nSPS) is 13.2. The van der Waals surface area contributed by atoms with E-state index in [-0.39, 0.29) is 24.4 Å². The predicted molar refractivity (Wildman–Crippen MR) is 69.3 cm³/mol. The van der Waals surface area contributed by atoms with Gasteiger partial charge in [-0.15, -0.1) is 12.4 Å². The molecular formula is C12H13ClF6N2O. The van der Waals surface area contributed by atoms with Gasteiger partial charge in [-0.05, 0) is 24.1 Å². The summed E-state index contributed by atoms with van der Waals surface area (Å²) in [5.41, 5.74) is 4.84. The summed E-state index contributed by atoms with van der Waals surface area (Å²) in [5, 5.41) is 1.60. The van der Waals surface area contributed by atoms with E-state index in [2.05, 4.69) is 0 Å². The zero-order chi connectivity index (χ0) is 16.3. The van der Waals surface area contributed by atoms with Crippen LogP contribution in [0.25, 0.3) is 0 Å². The number of nitrogens with two attached hydrogens (primary N) is 1. The van der Waals surface area contributed by atoms with Crippen LogP contribution in [0.3, 0.4) is 0 Å². The van der Waals surface area contributed by atoms with Gasteiger partial charge in [0, 0.05) is 12.6 Å². The molecule has 0 saturated heterocycles. The van der Waals surface area contributed by atoms with Gasteiger partial charge >= 0.3 is 18.3 Å². The molecule has 0 spiro atoms. The van der Waals surface area contributed by atoms with Gasteiger partial charge in [-0.2, -0.15) is 26.3 Å². The molecule has 0 saturated carbocycles. The summed E-state index contributed by atoms with van der Waals surface area (Å²) in [5.74, 6) is -2.11. The molecule has 0 aliphatic carbocycles. The van der Waals surface area contributed by atoms with Crippen molar-refractivity contribution in [3.8, 4) is 0 Å². The SMILES string of the molecule is Cl.NC(CCNC(=O)C(F)(F)F)c1cccc(C(F)(F)F)c1. The molecule has 0 aromatic heterocycles. The first-order valence-electron chi connectivity index (χ1n) is 5.79. The lowest BCUT2D eigenvalue weighted by Crippen LogP contribution is -2.38. The van der Waals surface area contributed by atoms with Crippen molar-refractivity contribution in [3.05, 3.63) is 35.4 Å². The molecule has 3 N–H and O–H groups in total. The van der Waals surface area contributed by atoms with E-state index in [4.69, 9.17) is 5.73 Å². The van der Waals surface area contributed by atoms with Crippen molar-refractivity contribution < 1.29 is 31.1 Å². The highest BCUT2D eigenvalue weighted by Gasteiger charge is 2.38. The maximum atomic E-state index is 12.5. The van der Waals surface area contributed by atoms with Gasteiger partial charge in [-0.25, -0.2) is 0 Å². The van der Waals surface area contributed by atoms with E-state index in [0.717, 1.165) is 18.2 Å². The molecule has 0 radical (unpaired) electrons. The molecule has 126 valence electrons. The number of rotatable bonds is 4. The van der Waals surface area contributed by atoms with Gasteiger partial charge < -0.3 is 11.1 Å². The van der Waals surface area contributed by atoms with Gasteiger partial charge in [0.1, 0.15) is 0 Å². The summed E-state index contributed by atoms with van der Waals surface area (Å²) < 4.78 is 73.2. The first kappa shape index (κ1) is 20.5. The fraction of sp³-hybridized carbons (Fsp3) is 0.417. The maximum absolute atomic E-state index is 12.5. The monoisotopic (exact) mass is 350 g/mol. The van der Waals surface area contributed by atoms with Gasteiger partial charge in [0.25, 0.3) is 0 Å². The number of halogens is 7. The zero-order valence-electron chi connectivity index (χ0n) is 11.0. The number of carbonyl (C=O) groups excluding carboxylic acids is 1. The Kier molecular flexibility index (Phi) is 7.17. The minimum absolute atomic E-state index is 0. The van der Waals surface area contributed by atoms with Crippen LogP contribution in [0.1, 0.15) is 23.6 Å². The molecule has 0 heterocycles. The van der Waals surface area contributed by atoms with Crippen LogP contribution in [0, 0.1) is 0 Å². The van der Waals surface area contributed by atoms with Crippen LogP contribution in [0.5, 0.6) is 0 Å². The summed E-state index contributed by atoms with van der Waals surface area (Å²) >= 11 is 0. The first-order chi connectivity index (χ1) is 9.51. The third-order valence-electron chi connectivity index (χ3n) is 2.64. The molecule has 1 atom stereocenters. The Hall–Kier alpha value is -1.48. The summed E-state index contributed by atoms with van der Waals surface area (Å²) in [6.07, 6.45) is -9.65. The molecule has 1 aromatic rings. The number of amides is 1. The van der Waals surface area contributed by atoms with Gasteiger partial charge in [-0.1, -0.05) is 12.1 Å². The Morgan fingerprint density at radius 3 is 2.27 bits per heavy atom. The van der Waals surface area contributed by atoms with Crippen LogP contribution >= 0.6 is 12.4 Å². The molecule has 10 heteroatoms. The molecule has 1 amide bonds. The highest BCUT2D eigenvalue weighted by molar-refractivity contribution is 5.85. The second-order valence-corrected chi connectivity index (χ2v) is 4.27. The molecule has 0 aliphatic heterocycles. The maximum Gasteiger partial charge on any atom is 0.471 e. The molecule has 22 heavy (non-hydrogen) atoms. The zero-order valence-corrected chi connectivity index (χ0v) is 11.8. The van der Waals surface area contributed by atoms with E-state index in [1.165, 1.54) is 6.07 Å². The minimum Gasteiger partial charge on any atom is -0.348 e. The van der Waals surface area contributed by atoms with Gasteiger partial charge in [-0.3, -0.25) is 4.79 Å². The molecule has 1 aromatic carbocycles. The highest BCUT2D eigenvalue weighted by atomic mass is 35.5. The number of hydrogen-bond acceptors (Lipinski definition) is 2.